The van der Waals surface area contributed by atoms with E-state index in [4.69, 9.17) is 11.6 Å². The molecule has 100 valence electrons. The van der Waals surface area contributed by atoms with Crippen LogP contribution in [0.4, 0.5) is 5.82 Å². The average molecular weight is 279 g/mol. The lowest BCUT2D eigenvalue weighted by molar-refractivity contribution is 0.681. The van der Waals surface area contributed by atoms with Crippen molar-refractivity contribution >= 4 is 17.4 Å². The fourth-order valence-electron chi connectivity index (χ4n) is 1.85. The fraction of sp³-hybridized carbons (Fsp3) is 0.308. The van der Waals surface area contributed by atoms with Crippen LogP contribution in [-0.4, -0.2) is 21.6 Å². The van der Waals surface area contributed by atoms with Gasteiger partial charge < -0.3 is 5.32 Å². The molecule has 0 aliphatic heterocycles. The van der Waals surface area contributed by atoms with E-state index in [1.165, 1.54) is 0 Å². The minimum absolute atomic E-state index is 0.287. The van der Waals surface area contributed by atoms with E-state index >= 15 is 0 Å². The number of nitrogens with one attached hydrogen (secondary N) is 1. The lowest BCUT2D eigenvalue weighted by Crippen LogP contribution is -2.26. The third-order valence-electron chi connectivity index (χ3n) is 2.83. The van der Waals surface area contributed by atoms with Crippen LogP contribution in [0.1, 0.15) is 17.1 Å². The van der Waals surface area contributed by atoms with Gasteiger partial charge in [0.2, 0.25) is 0 Å². The highest BCUT2D eigenvalue weighted by Gasteiger charge is 2.08. The molecule has 2 heterocycles. The second-order valence-electron chi connectivity index (χ2n) is 4.28. The van der Waals surface area contributed by atoms with Gasteiger partial charge in [-0.05, 0) is 32.0 Å². The highest BCUT2D eigenvalue weighted by Crippen LogP contribution is 2.17. The van der Waals surface area contributed by atoms with E-state index in [9.17, 15) is 4.79 Å². The van der Waals surface area contributed by atoms with E-state index in [0.29, 0.717) is 28.8 Å². The highest BCUT2D eigenvalue weighted by molar-refractivity contribution is 6.31. The molecule has 0 aliphatic carbocycles. The van der Waals surface area contributed by atoms with Crippen LogP contribution < -0.4 is 11.0 Å². The number of hydrogen-bond donors (Lipinski definition) is 1. The second-order valence-corrected chi connectivity index (χ2v) is 4.69. The average Bonchev–Trinajstić information content (AvgIpc) is 2.35. The van der Waals surface area contributed by atoms with Gasteiger partial charge >= 0.3 is 5.69 Å². The predicted molar refractivity (Wildman–Crippen MR) is 75.9 cm³/mol. The molecule has 0 atom stereocenters. The minimum Gasteiger partial charge on any atom is -0.373 e. The van der Waals surface area contributed by atoms with E-state index in [1.54, 1.807) is 30.7 Å². The molecule has 0 fully saturated rings. The number of aryl methyl sites for hydroxylation is 2. The van der Waals surface area contributed by atoms with Crippen molar-refractivity contribution in [3.63, 3.8) is 0 Å². The summed E-state index contributed by atoms with van der Waals surface area (Å²) in [6.45, 7) is 3.98. The fourth-order valence-corrected chi connectivity index (χ4v) is 2.02. The van der Waals surface area contributed by atoms with E-state index < -0.39 is 0 Å². The molecular formula is C13H15ClN4O. The molecule has 5 nitrogen and oxygen atoms in total. The Balaban J connectivity index is 2.44. The van der Waals surface area contributed by atoms with Crippen molar-refractivity contribution in [2.24, 2.45) is 0 Å². The zero-order valence-electron chi connectivity index (χ0n) is 11.1. The molecule has 0 aromatic carbocycles. The van der Waals surface area contributed by atoms with Gasteiger partial charge in [0.05, 0.1) is 17.3 Å². The van der Waals surface area contributed by atoms with Crippen molar-refractivity contribution in [2.45, 2.75) is 20.4 Å². The van der Waals surface area contributed by atoms with E-state index in [1.807, 2.05) is 13.0 Å². The first-order chi connectivity index (χ1) is 9.01. The van der Waals surface area contributed by atoms with Gasteiger partial charge in [-0.1, -0.05) is 11.6 Å². The summed E-state index contributed by atoms with van der Waals surface area (Å²) in [5.74, 6) is 0.713. The Morgan fingerprint density at radius 3 is 2.68 bits per heavy atom. The molecule has 19 heavy (non-hydrogen) atoms. The normalized spacial score (nSPS) is 10.5. The summed E-state index contributed by atoms with van der Waals surface area (Å²) < 4.78 is 1.56. The molecule has 1 N–H and O–H groups in total. The minimum atomic E-state index is -0.287. The van der Waals surface area contributed by atoms with Crippen molar-refractivity contribution in [3.05, 3.63) is 50.8 Å². The predicted octanol–water partition coefficient (Wildman–Crippen LogP) is 2.00. The first kappa shape index (κ1) is 13.5. The molecule has 2 rings (SSSR count). The highest BCUT2D eigenvalue weighted by atomic mass is 35.5. The van der Waals surface area contributed by atoms with Gasteiger partial charge in [-0.25, -0.2) is 9.78 Å². The van der Waals surface area contributed by atoms with Gasteiger partial charge in [-0.2, -0.15) is 4.98 Å². The van der Waals surface area contributed by atoms with Gasteiger partial charge in [0.15, 0.2) is 0 Å². The lowest BCUT2D eigenvalue weighted by Gasteiger charge is -2.11. The zero-order chi connectivity index (χ0) is 14.0. The molecule has 0 radical (unpaired) electrons. The Kier molecular flexibility index (Phi) is 3.85. The van der Waals surface area contributed by atoms with Crippen LogP contribution in [0.15, 0.2) is 23.0 Å². The second kappa shape index (κ2) is 5.40. The molecule has 0 saturated heterocycles. The Bertz CT molecular complexity index is 666. The van der Waals surface area contributed by atoms with Crippen molar-refractivity contribution in [3.8, 4) is 0 Å². The SMILES string of the molecule is CNc1ccc(Cl)c(Cn2c(C)cc(C)nc2=O)n1. The zero-order valence-corrected chi connectivity index (χ0v) is 11.8. The molecule has 0 amide bonds. The van der Waals surface area contributed by atoms with Gasteiger partial charge in [0.25, 0.3) is 0 Å². The third-order valence-corrected chi connectivity index (χ3v) is 3.17. The van der Waals surface area contributed by atoms with Gasteiger partial charge in [-0.3, -0.25) is 4.57 Å². The number of hydrogen-bond acceptors (Lipinski definition) is 4. The lowest BCUT2D eigenvalue weighted by atomic mass is 10.3. The first-order valence-electron chi connectivity index (χ1n) is 5.89. The topological polar surface area (TPSA) is 59.8 Å². The quantitative estimate of drug-likeness (QED) is 0.933. The van der Waals surface area contributed by atoms with Crippen LogP contribution in [0.5, 0.6) is 0 Å². The van der Waals surface area contributed by atoms with E-state index in [-0.39, 0.29) is 5.69 Å². The number of halogens is 1. The maximum Gasteiger partial charge on any atom is 0.348 e. The van der Waals surface area contributed by atoms with Crippen molar-refractivity contribution in [1.29, 1.82) is 0 Å². The molecule has 2 aromatic rings. The van der Waals surface area contributed by atoms with Crippen molar-refractivity contribution in [1.82, 2.24) is 14.5 Å². The summed E-state index contributed by atoms with van der Waals surface area (Å²) in [6, 6.07) is 5.41. The Hall–Kier alpha value is -1.88. The van der Waals surface area contributed by atoms with E-state index in [2.05, 4.69) is 15.3 Å². The molecule has 6 heteroatoms. The molecule has 0 aliphatic rings. The Morgan fingerprint density at radius 1 is 1.32 bits per heavy atom. The monoisotopic (exact) mass is 278 g/mol. The third kappa shape index (κ3) is 2.93. The number of nitrogens with zero attached hydrogens (tertiary/aromatic N) is 3. The summed E-state index contributed by atoms with van der Waals surface area (Å²) >= 11 is 6.11. The largest absolute Gasteiger partial charge is 0.373 e. The Labute approximate surface area is 116 Å². The van der Waals surface area contributed by atoms with Crippen LogP contribution in [0.3, 0.4) is 0 Å². The first-order valence-corrected chi connectivity index (χ1v) is 6.27. The van der Waals surface area contributed by atoms with Gasteiger partial charge in [0, 0.05) is 18.4 Å². The number of aromatic nitrogens is 3. The van der Waals surface area contributed by atoms with Crippen LogP contribution in [0.2, 0.25) is 5.02 Å². The molecule has 0 unspecified atom stereocenters. The summed E-state index contributed by atoms with van der Waals surface area (Å²) in [6.07, 6.45) is 0. The van der Waals surface area contributed by atoms with E-state index in [0.717, 1.165) is 5.69 Å². The molecule has 0 saturated carbocycles. The van der Waals surface area contributed by atoms with Crippen molar-refractivity contribution in [2.75, 3.05) is 12.4 Å². The van der Waals surface area contributed by atoms with Gasteiger partial charge in [-0.15, -0.1) is 0 Å². The summed E-state index contributed by atoms with van der Waals surface area (Å²) in [4.78, 5) is 20.2. The van der Waals surface area contributed by atoms with Crippen LogP contribution in [0.25, 0.3) is 0 Å². The summed E-state index contributed by atoms with van der Waals surface area (Å²) in [5.41, 5.74) is 1.90. The molecule has 2 aromatic heterocycles. The molecule has 0 bridgehead atoms. The standard InChI is InChI=1S/C13H15ClN4O/c1-8-6-9(2)18(13(19)16-8)7-11-10(14)4-5-12(15-3)17-11/h4-6H,7H2,1-3H3,(H,15,17). The maximum atomic E-state index is 11.9. The summed E-state index contributed by atoms with van der Waals surface area (Å²) in [7, 11) is 1.78. The van der Waals surface area contributed by atoms with Crippen LogP contribution >= 0.6 is 11.6 Å². The molecule has 0 spiro atoms. The molecular weight excluding hydrogens is 264 g/mol. The Morgan fingerprint density at radius 2 is 2.05 bits per heavy atom. The van der Waals surface area contributed by atoms with Crippen molar-refractivity contribution < 1.29 is 0 Å². The maximum absolute atomic E-state index is 11.9. The number of pyridine rings is 1. The smallest absolute Gasteiger partial charge is 0.348 e. The number of anilines is 1. The summed E-state index contributed by atoms with van der Waals surface area (Å²) in [5, 5.41) is 3.48. The van der Waals surface area contributed by atoms with Crippen LogP contribution in [0, 0.1) is 13.8 Å². The van der Waals surface area contributed by atoms with Crippen LogP contribution in [-0.2, 0) is 6.54 Å². The number of rotatable bonds is 3. The van der Waals surface area contributed by atoms with Gasteiger partial charge in [0.1, 0.15) is 5.82 Å².